The molecule has 0 heterocycles. The van der Waals surface area contributed by atoms with Crippen LogP contribution in [-0.2, 0) is 0 Å². The fourth-order valence-electron chi connectivity index (χ4n) is 1.40. The lowest BCUT2D eigenvalue weighted by molar-refractivity contribution is 0.0846. The number of hydrogen-bond acceptors (Lipinski definition) is 5. The predicted molar refractivity (Wildman–Crippen MR) is 66.7 cm³/mol. The Morgan fingerprint density at radius 3 is 2.28 bits per heavy atom. The number of nitrogens with zero attached hydrogens (tertiary/aromatic N) is 1. The molecule has 0 saturated carbocycles. The summed E-state index contributed by atoms with van der Waals surface area (Å²) in [6, 6.07) is 8.64. The highest BCUT2D eigenvalue weighted by Crippen LogP contribution is 2.14. The molecule has 0 spiro atoms. The van der Waals surface area contributed by atoms with E-state index in [0.717, 1.165) is 0 Å². The van der Waals surface area contributed by atoms with Gasteiger partial charge in [-0.05, 0) is 24.6 Å². The molecule has 4 N–H and O–H groups in total. The molecule has 0 aliphatic rings. The van der Waals surface area contributed by atoms with Crippen molar-refractivity contribution in [3.05, 3.63) is 35.4 Å². The van der Waals surface area contributed by atoms with Crippen molar-refractivity contribution >= 4 is 0 Å². The van der Waals surface area contributed by atoms with Crippen molar-refractivity contribution in [1.82, 2.24) is 5.32 Å². The first-order valence-electron chi connectivity index (χ1n) is 5.69. The zero-order valence-corrected chi connectivity index (χ0v) is 10.3. The molecule has 1 aromatic carbocycles. The topological polar surface area (TPSA) is 96.5 Å². The third kappa shape index (κ3) is 3.79. The highest BCUT2D eigenvalue weighted by Gasteiger charge is 2.22. The van der Waals surface area contributed by atoms with Crippen LogP contribution in [0.4, 0.5) is 0 Å². The summed E-state index contributed by atoms with van der Waals surface area (Å²) in [5, 5.41) is 39.7. The molecule has 1 atom stereocenters. The summed E-state index contributed by atoms with van der Waals surface area (Å²) in [5.41, 5.74) is 0.405. The molecule has 0 aliphatic heterocycles. The minimum Gasteiger partial charge on any atom is -0.394 e. The van der Waals surface area contributed by atoms with Crippen molar-refractivity contribution in [1.29, 1.82) is 5.26 Å². The zero-order valence-electron chi connectivity index (χ0n) is 10.3. The van der Waals surface area contributed by atoms with Gasteiger partial charge in [-0.2, -0.15) is 5.26 Å². The van der Waals surface area contributed by atoms with Gasteiger partial charge in [0.05, 0.1) is 36.5 Å². The van der Waals surface area contributed by atoms with Gasteiger partial charge in [-0.15, -0.1) is 0 Å². The third-order valence-electron chi connectivity index (χ3n) is 2.84. The summed E-state index contributed by atoms with van der Waals surface area (Å²) in [5.74, 6) is 0. The second-order valence-electron chi connectivity index (χ2n) is 4.51. The summed E-state index contributed by atoms with van der Waals surface area (Å²) in [4.78, 5) is 0. The van der Waals surface area contributed by atoms with E-state index in [0.29, 0.717) is 11.1 Å². The Kier molecular flexibility index (Phi) is 5.25. The van der Waals surface area contributed by atoms with Crippen molar-refractivity contribution in [2.45, 2.75) is 18.6 Å². The average Bonchev–Trinajstić information content (AvgIpc) is 2.44. The van der Waals surface area contributed by atoms with Crippen LogP contribution in [0, 0.1) is 11.3 Å². The molecule has 1 aromatic rings. The molecule has 1 rings (SSSR count). The van der Waals surface area contributed by atoms with Gasteiger partial charge < -0.3 is 20.6 Å². The van der Waals surface area contributed by atoms with E-state index in [-0.39, 0.29) is 19.8 Å². The van der Waals surface area contributed by atoms with Crippen LogP contribution in [0.1, 0.15) is 24.2 Å². The highest BCUT2D eigenvalue weighted by molar-refractivity contribution is 5.32. The van der Waals surface area contributed by atoms with Crippen molar-refractivity contribution < 1.29 is 15.3 Å². The quantitative estimate of drug-likeness (QED) is 0.566. The van der Waals surface area contributed by atoms with Crippen molar-refractivity contribution in [3.63, 3.8) is 0 Å². The SMILES string of the molecule is CC(CO)(CO)NCC(O)c1ccc(C#N)cc1. The van der Waals surface area contributed by atoms with Crippen LogP contribution >= 0.6 is 0 Å². The Hall–Kier alpha value is -1.45. The third-order valence-corrected chi connectivity index (χ3v) is 2.84. The molecule has 18 heavy (non-hydrogen) atoms. The van der Waals surface area contributed by atoms with Crippen LogP contribution in [0.2, 0.25) is 0 Å². The van der Waals surface area contributed by atoms with Gasteiger partial charge in [0.1, 0.15) is 0 Å². The van der Waals surface area contributed by atoms with Gasteiger partial charge in [0.15, 0.2) is 0 Å². The molecule has 0 aromatic heterocycles. The summed E-state index contributed by atoms with van der Waals surface area (Å²) in [6.45, 7) is 1.44. The molecule has 1 unspecified atom stereocenters. The molecule has 0 amide bonds. The normalized spacial score (nSPS) is 13.1. The van der Waals surface area contributed by atoms with Gasteiger partial charge in [-0.25, -0.2) is 0 Å². The molecular formula is C13H18N2O3. The number of benzene rings is 1. The summed E-state index contributed by atoms with van der Waals surface area (Å²) in [7, 11) is 0. The van der Waals surface area contributed by atoms with Gasteiger partial charge in [-0.3, -0.25) is 0 Å². The Morgan fingerprint density at radius 2 is 1.83 bits per heavy atom. The van der Waals surface area contributed by atoms with E-state index in [1.54, 1.807) is 31.2 Å². The molecule has 5 heteroatoms. The molecule has 0 fully saturated rings. The molecule has 0 radical (unpaired) electrons. The number of nitriles is 1. The lowest BCUT2D eigenvalue weighted by Crippen LogP contribution is -2.50. The second kappa shape index (κ2) is 6.47. The number of β-amino-alcohol motifs (C(OH)–C–C–N with tert-alkyl or cyclic N) is 1. The van der Waals surface area contributed by atoms with Crippen LogP contribution in [0.25, 0.3) is 0 Å². The van der Waals surface area contributed by atoms with E-state index in [9.17, 15) is 5.11 Å². The Morgan fingerprint density at radius 1 is 1.28 bits per heavy atom. The summed E-state index contributed by atoms with van der Waals surface area (Å²) >= 11 is 0. The minimum atomic E-state index is -0.812. The van der Waals surface area contributed by atoms with Crippen LogP contribution < -0.4 is 5.32 Å². The monoisotopic (exact) mass is 250 g/mol. The van der Waals surface area contributed by atoms with Crippen molar-refractivity contribution in [2.75, 3.05) is 19.8 Å². The number of hydrogen-bond donors (Lipinski definition) is 4. The maximum atomic E-state index is 9.93. The highest BCUT2D eigenvalue weighted by atomic mass is 16.3. The Bertz CT molecular complexity index is 407. The van der Waals surface area contributed by atoms with Crippen LogP contribution in [0.3, 0.4) is 0 Å². The van der Waals surface area contributed by atoms with Gasteiger partial charge in [0.25, 0.3) is 0 Å². The second-order valence-corrected chi connectivity index (χ2v) is 4.51. The molecule has 0 saturated heterocycles. The van der Waals surface area contributed by atoms with E-state index >= 15 is 0 Å². The van der Waals surface area contributed by atoms with Gasteiger partial charge in [0.2, 0.25) is 0 Å². The predicted octanol–water partition coefficient (Wildman–Crippen LogP) is -0.0754. The number of aliphatic hydroxyl groups excluding tert-OH is 3. The first-order chi connectivity index (χ1) is 8.54. The summed E-state index contributed by atoms with van der Waals surface area (Å²) < 4.78 is 0. The minimum absolute atomic E-state index is 0.212. The van der Waals surface area contributed by atoms with Gasteiger partial charge >= 0.3 is 0 Å². The zero-order chi connectivity index (χ0) is 13.6. The number of aliphatic hydroxyl groups is 3. The van der Waals surface area contributed by atoms with Crippen molar-refractivity contribution in [2.24, 2.45) is 0 Å². The molecule has 5 nitrogen and oxygen atoms in total. The molecule has 0 aliphatic carbocycles. The average molecular weight is 250 g/mol. The first kappa shape index (κ1) is 14.6. The molecule has 0 bridgehead atoms. The standard InChI is InChI=1S/C13H18N2O3/c1-13(8-16,9-17)15-7-12(18)11-4-2-10(6-14)3-5-11/h2-5,12,15-18H,7-9H2,1H3. The van der Waals surface area contributed by atoms with Crippen LogP contribution in [-0.4, -0.2) is 40.6 Å². The van der Waals surface area contributed by atoms with Crippen LogP contribution in [0.5, 0.6) is 0 Å². The summed E-state index contributed by atoms with van der Waals surface area (Å²) in [6.07, 6.45) is -0.754. The van der Waals surface area contributed by atoms with Gasteiger partial charge in [-0.1, -0.05) is 12.1 Å². The van der Waals surface area contributed by atoms with E-state index in [1.165, 1.54) is 0 Å². The lowest BCUT2D eigenvalue weighted by Gasteiger charge is -2.27. The van der Waals surface area contributed by atoms with E-state index in [2.05, 4.69) is 5.32 Å². The lowest BCUT2D eigenvalue weighted by atomic mass is 10.0. The molecular weight excluding hydrogens is 232 g/mol. The Balaban J connectivity index is 2.60. The fraction of sp³-hybridized carbons (Fsp3) is 0.462. The molecule has 98 valence electrons. The Labute approximate surface area is 106 Å². The van der Waals surface area contributed by atoms with E-state index < -0.39 is 11.6 Å². The largest absolute Gasteiger partial charge is 0.394 e. The van der Waals surface area contributed by atoms with E-state index in [4.69, 9.17) is 15.5 Å². The maximum Gasteiger partial charge on any atom is 0.0991 e. The number of nitrogens with one attached hydrogen (secondary N) is 1. The first-order valence-corrected chi connectivity index (χ1v) is 5.69. The number of rotatable bonds is 6. The smallest absolute Gasteiger partial charge is 0.0991 e. The fourth-order valence-corrected chi connectivity index (χ4v) is 1.40. The maximum absolute atomic E-state index is 9.93. The van der Waals surface area contributed by atoms with Crippen LogP contribution in [0.15, 0.2) is 24.3 Å². The van der Waals surface area contributed by atoms with Crippen molar-refractivity contribution in [3.8, 4) is 6.07 Å². The van der Waals surface area contributed by atoms with Gasteiger partial charge in [0, 0.05) is 6.54 Å². The van der Waals surface area contributed by atoms with E-state index in [1.807, 2.05) is 6.07 Å².